The molecule has 0 aliphatic carbocycles. The third-order valence-corrected chi connectivity index (χ3v) is 7.40. The molecule has 0 atom stereocenters. The lowest BCUT2D eigenvalue weighted by molar-refractivity contribution is -0.121. The van der Waals surface area contributed by atoms with E-state index >= 15 is 0 Å². The number of unbranched alkanes of at least 4 members (excludes halogenated alkanes) is 7. The number of nitrogens with zero attached hydrogens (tertiary/aromatic N) is 2. The second kappa shape index (κ2) is 16.8. The summed E-state index contributed by atoms with van der Waals surface area (Å²) < 4.78 is 17.3. The van der Waals surface area contributed by atoms with E-state index in [0.717, 1.165) is 44.6 Å². The zero-order valence-corrected chi connectivity index (χ0v) is 25.3. The van der Waals surface area contributed by atoms with Gasteiger partial charge in [0, 0.05) is 37.9 Å². The third-order valence-electron chi connectivity index (χ3n) is 7.40. The van der Waals surface area contributed by atoms with Crippen LogP contribution in [-0.4, -0.2) is 57.9 Å². The van der Waals surface area contributed by atoms with Crippen LogP contribution >= 0.6 is 0 Å². The summed E-state index contributed by atoms with van der Waals surface area (Å²) in [6.07, 6.45) is 13.3. The van der Waals surface area contributed by atoms with E-state index in [4.69, 9.17) is 14.2 Å². The molecule has 0 saturated carbocycles. The Balaban J connectivity index is 1.47. The molecular weight excluding hydrogens is 502 g/mol. The van der Waals surface area contributed by atoms with Crippen LogP contribution in [0.5, 0.6) is 17.2 Å². The number of carbonyl (C=O) groups is 1. The van der Waals surface area contributed by atoms with Crippen molar-refractivity contribution in [2.75, 3.05) is 51.9 Å². The molecular formula is C33H49N3O4. The molecule has 7 heteroatoms. The highest BCUT2D eigenvalue weighted by atomic mass is 16.5. The number of amides is 1. The van der Waals surface area contributed by atoms with E-state index in [2.05, 4.69) is 49.3 Å². The van der Waals surface area contributed by atoms with Gasteiger partial charge in [0.25, 0.3) is 5.91 Å². The van der Waals surface area contributed by atoms with E-state index in [9.17, 15) is 4.79 Å². The minimum atomic E-state index is -0.159. The second-order valence-electron chi connectivity index (χ2n) is 10.7. The summed E-state index contributed by atoms with van der Waals surface area (Å²) in [6, 6.07) is 10.3. The van der Waals surface area contributed by atoms with Crippen molar-refractivity contribution in [3.63, 3.8) is 0 Å². The first-order valence-corrected chi connectivity index (χ1v) is 14.9. The van der Waals surface area contributed by atoms with E-state index in [1.165, 1.54) is 55.3 Å². The number of hydrogen-bond acceptors (Lipinski definition) is 6. The molecule has 1 aliphatic heterocycles. The van der Waals surface area contributed by atoms with E-state index < -0.39 is 0 Å². The molecule has 1 aliphatic rings. The number of anilines is 1. The number of carbonyl (C=O) groups excluding carboxylic acids is 1. The van der Waals surface area contributed by atoms with Gasteiger partial charge in [-0.25, -0.2) is 5.01 Å². The first-order valence-electron chi connectivity index (χ1n) is 14.9. The lowest BCUT2D eigenvalue weighted by Crippen LogP contribution is -2.53. The number of hydrogen-bond donors (Lipinski definition) is 1. The number of hydrazine groups is 1. The van der Waals surface area contributed by atoms with E-state index in [1.807, 2.05) is 17.1 Å². The molecule has 1 saturated heterocycles. The molecule has 0 spiro atoms. The summed E-state index contributed by atoms with van der Waals surface area (Å²) >= 11 is 0. The average molecular weight is 552 g/mol. The Kier molecular flexibility index (Phi) is 13.2. The topological polar surface area (TPSA) is 63.3 Å². The summed E-state index contributed by atoms with van der Waals surface area (Å²) in [7, 11) is 3.24. The van der Waals surface area contributed by atoms with Gasteiger partial charge in [-0.15, -0.1) is 0 Å². The summed E-state index contributed by atoms with van der Waals surface area (Å²) in [5, 5.41) is 1.98. The molecule has 40 heavy (non-hydrogen) atoms. The van der Waals surface area contributed by atoms with Gasteiger partial charge in [-0.1, -0.05) is 69.6 Å². The molecule has 2 aromatic rings. The van der Waals surface area contributed by atoms with Crippen LogP contribution in [0.3, 0.4) is 0 Å². The number of ether oxygens (including phenoxy) is 3. The lowest BCUT2D eigenvalue weighted by atomic mass is 10.1. The van der Waals surface area contributed by atoms with Gasteiger partial charge in [0.05, 0.1) is 20.8 Å². The Hall–Kier alpha value is -3.19. The number of aryl methyl sites for hydroxylation is 2. The van der Waals surface area contributed by atoms with Crippen LogP contribution in [0.15, 0.2) is 36.4 Å². The standard InChI is InChI=1S/C33H49N3O4/c1-6-7-8-9-10-11-12-13-22-40-33-30(38-4)24-28(25-31(33)39-5)15-17-32(37)34-36-20-18-35(19-21-36)29-16-14-26(2)23-27(29)3/h14-17,23-25H,6-13,18-22H2,1-5H3,(H,34,37). The summed E-state index contributed by atoms with van der Waals surface area (Å²) in [5.74, 6) is 1.65. The maximum atomic E-state index is 12.7. The van der Waals surface area contributed by atoms with Gasteiger partial charge in [0.1, 0.15) is 0 Å². The average Bonchev–Trinajstić information content (AvgIpc) is 2.95. The Labute approximate surface area is 241 Å². The monoisotopic (exact) mass is 551 g/mol. The SMILES string of the molecule is CCCCCCCCCCOc1c(OC)cc(C=CC(=O)NN2CCN(c3ccc(C)cc3C)CC2)cc1OC. The first-order chi connectivity index (χ1) is 19.4. The normalized spacial score (nSPS) is 14.0. The van der Waals surface area contributed by atoms with E-state index in [0.29, 0.717) is 23.9 Å². The van der Waals surface area contributed by atoms with Gasteiger partial charge in [-0.3, -0.25) is 10.2 Å². The lowest BCUT2D eigenvalue weighted by Gasteiger charge is -2.36. The van der Waals surface area contributed by atoms with Gasteiger partial charge in [0.2, 0.25) is 5.75 Å². The maximum Gasteiger partial charge on any atom is 0.258 e. The number of rotatable bonds is 16. The van der Waals surface area contributed by atoms with Crippen LogP contribution in [0.1, 0.15) is 75.0 Å². The largest absolute Gasteiger partial charge is 0.493 e. The van der Waals surface area contributed by atoms with Crippen molar-refractivity contribution in [3.05, 3.63) is 53.1 Å². The third kappa shape index (κ3) is 9.77. The molecule has 0 aromatic heterocycles. The molecule has 1 heterocycles. The van der Waals surface area contributed by atoms with Crippen LogP contribution in [-0.2, 0) is 4.79 Å². The van der Waals surface area contributed by atoms with Crippen molar-refractivity contribution in [2.45, 2.75) is 72.1 Å². The minimum Gasteiger partial charge on any atom is -0.493 e. The van der Waals surface area contributed by atoms with Crippen molar-refractivity contribution >= 4 is 17.7 Å². The molecule has 0 radical (unpaired) electrons. The number of methoxy groups -OCH3 is 2. The zero-order valence-electron chi connectivity index (χ0n) is 25.3. The highest BCUT2D eigenvalue weighted by Crippen LogP contribution is 2.39. The van der Waals surface area contributed by atoms with Crippen molar-refractivity contribution in [2.24, 2.45) is 0 Å². The Bertz CT molecular complexity index is 1070. The van der Waals surface area contributed by atoms with E-state index in [1.54, 1.807) is 26.4 Å². The molecule has 1 N–H and O–H groups in total. The summed E-state index contributed by atoms with van der Waals surface area (Å²) in [4.78, 5) is 15.0. The van der Waals surface area contributed by atoms with Crippen LogP contribution in [0, 0.1) is 13.8 Å². The summed E-state index contributed by atoms with van der Waals surface area (Å²) in [6.45, 7) is 10.4. The molecule has 7 nitrogen and oxygen atoms in total. The predicted octanol–water partition coefficient (Wildman–Crippen LogP) is 6.71. The smallest absolute Gasteiger partial charge is 0.258 e. The quantitative estimate of drug-likeness (QED) is 0.185. The fourth-order valence-corrected chi connectivity index (χ4v) is 5.13. The number of piperazine rings is 1. The molecule has 1 fully saturated rings. The predicted molar refractivity (Wildman–Crippen MR) is 165 cm³/mol. The fourth-order valence-electron chi connectivity index (χ4n) is 5.13. The van der Waals surface area contributed by atoms with Gasteiger partial charge in [-0.05, 0) is 55.7 Å². The van der Waals surface area contributed by atoms with Crippen LogP contribution in [0.2, 0.25) is 0 Å². The van der Waals surface area contributed by atoms with Crippen LogP contribution in [0.25, 0.3) is 6.08 Å². The second-order valence-corrected chi connectivity index (χ2v) is 10.7. The molecule has 0 unspecified atom stereocenters. The highest BCUT2D eigenvalue weighted by Gasteiger charge is 2.19. The fraction of sp³-hybridized carbons (Fsp3) is 0.545. The van der Waals surface area contributed by atoms with Crippen molar-refractivity contribution < 1.29 is 19.0 Å². The Morgan fingerprint density at radius 2 is 1.50 bits per heavy atom. The molecule has 3 rings (SSSR count). The van der Waals surface area contributed by atoms with Crippen LogP contribution in [0.4, 0.5) is 5.69 Å². The van der Waals surface area contributed by atoms with Gasteiger partial charge in [-0.2, -0.15) is 0 Å². The van der Waals surface area contributed by atoms with Gasteiger partial charge in [0.15, 0.2) is 11.5 Å². The Morgan fingerprint density at radius 3 is 2.10 bits per heavy atom. The minimum absolute atomic E-state index is 0.159. The van der Waals surface area contributed by atoms with Crippen LogP contribution < -0.4 is 24.5 Å². The number of nitrogens with one attached hydrogen (secondary N) is 1. The highest BCUT2D eigenvalue weighted by molar-refractivity contribution is 5.91. The van der Waals surface area contributed by atoms with Crippen molar-refractivity contribution in [1.29, 1.82) is 0 Å². The molecule has 220 valence electrons. The van der Waals surface area contributed by atoms with Gasteiger partial charge < -0.3 is 19.1 Å². The summed E-state index contributed by atoms with van der Waals surface area (Å²) in [5.41, 5.74) is 7.64. The maximum absolute atomic E-state index is 12.7. The van der Waals surface area contributed by atoms with Crippen molar-refractivity contribution in [1.82, 2.24) is 10.4 Å². The number of benzene rings is 2. The molecule has 0 bridgehead atoms. The van der Waals surface area contributed by atoms with E-state index in [-0.39, 0.29) is 5.91 Å². The van der Waals surface area contributed by atoms with Crippen molar-refractivity contribution in [3.8, 4) is 17.2 Å². The molecule has 2 aromatic carbocycles. The molecule has 1 amide bonds. The Morgan fingerprint density at radius 1 is 0.875 bits per heavy atom. The zero-order chi connectivity index (χ0) is 28.7. The van der Waals surface area contributed by atoms with Gasteiger partial charge >= 0.3 is 0 Å². The first kappa shape index (κ1) is 31.3.